The second-order valence-electron chi connectivity index (χ2n) is 8.48. The van der Waals surface area contributed by atoms with Gasteiger partial charge >= 0.3 is 0 Å². The molecule has 0 N–H and O–H groups in total. The van der Waals surface area contributed by atoms with Crippen LogP contribution in [0.15, 0.2) is 48.5 Å². The van der Waals surface area contributed by atoms with Gasteiger partial charge in [-0.25, -0.2) is 4.39 Å². The van der Waals surface area contributed by atoms with Gasteiger partial charge in [-0.05, 0) is 73.7 Å². The van der Waals surface area contributed by atoms with Crippen LogP contribution in [0.4, 0.5) is 4.39 Å². The molecule has 164 valence electrons. The number of hydrogen-bond donors (Lipinski definition) is 0. The number of likely N-dealkylation sites (tertiary alicyclic amines) is 1. The minimum atomic E-state index is -0.167. The molecule has 2 fully saturated rings. The lowest BCUT2D eigenvalue weighted by Crippen LogP contribution is -2.47. The Morgan fingerprint density at radius 2 is 1.57 bits per heavy atom. The Labute approximate surface area is 186 Å². The van der Waals surface area contributed by atoms with Crippen LogP contribution in [0.1, 0.15) is 50.0 Å². The smallest absolute Gasteiger partial charge is 0.123 e. The molecule has 4 rings (SSSR count). The van der Waals surface area contributed by atoms with Gasteiger partial charge in [0.15, 0.2) is 0 Å². The van der Waals surface area contributed by atoms with E-state index in [-0.39, 0.29) is 18.2 Å². The van der Waals surface area contributed by atoms with Crippen molar-refractivity contribution in [3.8, 4) is 11.5 Å². The zero-order valence-electron chi connectivity index (χ0n) is 17.8. The van der Waals surface area contributed by atoms with Gasteiger partial charge in [0.2, 0.25) is 0 Å². The fourth-order valence-corrected chi connectivity index (χ4v) is 5.03. The lowest BCUT2D eigenvalue weighted by Gasteiger charge is -2.43. The monoisotopic (exact) mass is 433 g/mol. The van der Waals surface area contributed by atoms with Gasteiger partial charge in [0.25, 0.3) is 0 Å². The van der Waals surface area contributed by atoms with Gasteiger partial charge in [-0.3, -0.25) is 4.90 Å². The van der Waals surface area contributed by atoms with Crippen LogP contribution < -0.4 is 9.47 Å². The summed E-state index contributed by atoms with van der Waals surface area (Å²) in [7, 11) is 1.67. The minimum absolute atomic E-state index is 0. The van der Waals surface area contributed by atoms with E-state index in [0.717, 1.165) is 37.1 Å². The lowest BCUT2D eigenvalue weighted by atomic mass is 9.79. The fourth-order valence-electron chi connectivity index (χ4n) is 5.03. The highest BCUT2D eigenvalue weighted by molar-refractivity contribution is 5.85. The van der Waals surface area contributed by atoms with Crippen molar-refractivity contribution in [2.45, 2.75) is 50.5 Å². The second-order valence-corrected chi connectivity index (χ2v) is 8.48. The van der Waals surface area contributed by atoms with E-state index in [9.17, 15) is 4.39 Å². The first-order valence-electron chi connectivity index (χ1n) is 11.0. The van der Waals surface area contributed by atoms with Crippen LogP contribution in [0, 0.1) is 11.7 Å². The summed E-state index contributed by atoms with van der Waals surface area (Å²) in [5.74, 6) is 2.35. The molecule has 0 bridgehead atoms. The van der Waals surface area contributed by atoms with E-state index in [1.165, 1.54) is 37.7 Å². The molecule has 0 radical (unpaired) electrons. The molecule has 0 unspecified atom stereocenters. The highest BCUT2D eigenvalue weighted by Crippen LogP contribution is 2.36. The normalized spacial score (nSPS) is 22.9. The average molecular weight is 434 g/mol. The lowest BCUT2D eigenvalue weighted by molar-refractivity contribution is 0.0639. The van der Waals surface area contributed by atoms with Crippen LogP contribution >= 0.6 is 12.4 Å². The van der Waals surface area contributed by atoms with Crippen molar-refractivity contribution in [3.05, 3.63) is 59.9 Å². The molecule has 1 heterocycles. The number of hydrogen-bond acceptors (Lipinski definition) is 3. The van der Waals surface area contributed by atoms with Crippen molar-refractivity contribution in [3.63, 3.8) is 0 Å². The molecule has 0 spiro atoms. The molecule has 2 aromatic rings. The molecular formula is C25H33ClFNO2. The highest BCUT2D eigenvalue weighted by atomic mass is 35.5. The van der Waals surface area contributed by atoms with E-state index in [4.69, 9.17) is 9.47 Å². The first-order chi connectivity index (χ1) is 14.2. The van der Waals surface area contributed by atoms with Crippen LogP contribution in [0.3, 0.4) is 0 Å². The van der Waals surface area contributed by atoms with Gasteiger partial charge in [0.05, 0.1) is 13.7 Å². The number of methoxy groups -OCH3 is 1. The van der Waals surface area contributed by atoms with Gasteiger partial charge < -0.3 is 9.47 Å². The molecule has 2 aromatic carbocycles. The number of piperidine rings is 1. The molecule has 30 heavy (non-hydrogen) atoms. The van der Waals surface area contributed by atoms with E-state index in [1.54, 1.807) is 19.2 Å². The molecule has 1 aliphatic heterocycles. The Kier molecular flexibility index (Phi) is 8.41. The van der Waals surface area contributed by atoms with Crippen molar-refractivity contribution in [2.24, 2.45) is 5.92 Å². The van der Waals surface area contributed by atoms with E-state index < -0.39 is 0 Å². The minimum Gasteiger partial charge on any atom is -0.497 e. The molecule has 1 aliphatic carbocycles. The molecular weight excluding hydrogens is 401 g/mol. The SMILES string of the molecule is COc1ccc(OC[C@@H]2CN(C3CCCCC3)CC[C@H]2c2ccc(F)cc2)cc1.Cl. The van der Waals surface area contributed by atoms with Crippen molar-refractivity contribution in [1.82, 2.24) is 4.90 Å². The molecule has 0 aromatic heterocycles. The Hall–Kier alpha value is -1.78. The van der Waals surface area contributed by atoms with Crippen LogP contribution in [-0.4, -0.2) is 37.7 Å². The zero-order valence-corrected chi connectivity index (χ0v) is 18.6. The summed E-state index contributed by atoms with van der Waals surface area (Å²) in [6.45, 7) is 2.87. The van der Waals surface area contributed by atoms with Crippen molar-refractivity contribution in [2.75, 3.05) is 26.8 Å². The van der Waals surface area contributed by atoms with Crippen molar-refractivity contribution in [1.29, 1.82) is 0 Å². The number of nitrogens with zero attached hydrogens (tertiary/aromatic N) is 1. The predicted molar refractivity (Wildman–Crippen MR) is 121 cm³/mol. The Balaban J connectivity index is 0.00000256. The van der Waals surface area contributed by atoms with Gasteiger partial charge in [-0.1, -0.05) is 31.4 Å². The van der Waals surface area contributed by atoms with E-state index in [0.29, 0.717) is 18.4 Å². The summed E-state index contributed by atoms with van der Waals surface area (Å²) < 4.78 is 24.9. The fraction of sp³-hybridized carbons (Fsp3) is 0.520. The topological polar surface area (TPSA) is 21.7 Å². The van der Waals surface area contributed by atoms with E-state index in [2.05, 4.69) is 4.90 Å². The molecule has 3 nitrogen and oxygen atoms in total. The zero-order chi connectivity index (χ0) is 20.1. The molecule has 5 heteroatoms. The second kappa shape index (κ2) is 11.0. The van der Waals surface area contributed by atoms with Crippen molar-refractivity contribution >= 4 is 12.4 Å². The third-order valence-electron chi connectivity index (χ3n) is 6.68. The number of rotatable bonds is 6. The maximum Gasteiger partial charge on any atom is 0.123 e. The maximum absolute atomic E-state index is 13.4. The maximum atomic E-state index is 13.4. The average Bonchev–Trinajstić information content (AvgIpc) is 2.79. The Bertz CT molecular complexity index is 762. The highest BCUT2D eigenvalue weighted by Gasteiger charge is 2.34. The van der Waals surface area contributed by atoms with Crippen molar-refractivity contribution < 1.29 is 13.9 Å². The third kappa shape index (κ3) is 5.67. The molecule has 2 atom stereocenters. The van der Waals surface area contributed by atoms with Crippen LogP contribution in [-0.2, 0) is 0 Å². The first kappa shape index (κ1) is 22.9. The van der Waals surface area contributed by atoms with E-state index in [1.807, 2.05) is 36.4 Å². The van der Waals surface area contributed by atoms with Crippen LogP contribution in [0.2, 0.25) is 0 Å². The first-order valence-corrected chi connectivity index (χ1v) is 11.0. The van der Waals surface area contributed by atoms with Gasteiger partial charge in [-0.15, -0.1) is 12.4 Å². The standard InChI is InChI=1S/C25H32FNO2.ClH/c1-28-23-11-13-24(14-12-23)29-18-20-17-27(22-5-3-2-4-6-22)16-15-25(20)19-7-9-21(26)10-8-19;/h7-14,20,22,25H,2-6,15-18H2,1H3;1H/t20-,25-;/m0./s1. The van der Waals surface area contributed by atoms with Gasteiger partial charge in [0.1, 0.15) is 17.3 Å². The largest absolute Gasteiger partial charge is 0.497 e. The van der Waals surface area contributed by atoms with Gasteiger partial charge in [-0.2, -0.15) is 0 Å². The molecule has 0 amide bonds. The summed E-state index contributed by atoms with van der Waals surface area (Å²) >= 11 is 0. The summed E-state index contributed by atoms with van der Waals surface area (Å²) in [6, 6.07) is 15.6. The Morgan fingerprint density at radius 1 is 0.900 bits per heavy atom. The summed E-state index contributed by atoms with van der Waals surface area (Å²) in [4.78, 5) is 2.70. The summed E-state index contributed by atoms with van der Waals surface area (Å²) in [5.41, 5.74) is 1.23. The Morgan fingerprint density at radius 3 is 2.23 bits per heavy atom. The summed E-state index contributed by atoms with van der Waals surface area (Å²) in [5, 5.41) is 0. The quantitative estimate of drug-likeness (QED) is 0.551. The van der Waals surface area contributed by atoms with Gasteiger partial charge in [0, 0.05) is 18.5 Å². The number of ether oxygens (including phenoxy) is 2. The third-order valence-corrected chi connectivity index (χ3v) is 6.68. The van der Waals surface area contributed by atoms with Crippen LogP contribution in [0.25, 0.3) is 0 Å². The molecule has 1 saturated carbocycles. The molecule has 1 saturated heterocycles. The number of benzene rings is 2. The van der Waals surface area contributed by atoms with Crippen LogP contribution in [0.5, 0.6) is 11.5 Å². The molecule has 2 aliphatic rings. The predicted octanol–water partition coefficient (Wildman–Crippen LogP) is 6.07. The summed E-state index contributed by atoms with van der Waals surface area (Å²) in [6.07, 6.45) is 7.86. The van der Waals surface area contributed by atoms with E-state index >= 15 is 0 Å². The number of halogens is 2.